The van der Waals surface area contributed by atoms with Crippen molar-refractivity contribution in [3.05, 3.63) is 89.2 Å². The maximum absolute atomic E-state index is 12.3. The summed E-state index contributed by atoms with van der Waals surface area (Å²) in [6, 6.07) is 15.5. The van der Waals surface area contributed by atoms with Crippen molar-refractivity contribution in [2.75, 3.05) is 5.32 Å². The Labute approximate surface area is 178 Å². The summed E-state index contributed by atoms with van der Waals surface area (Å²) in [4.78, 5) is 25.1. The molecule has 0 saturated heterocycles. The van der Waals surface area contributed by atoms with Crippen LogP contribution in [0.4, 0.5) is 5.69 Å². The van der Waals surface area contributed by atoms with Crippen LogP contribution in [0.2, 0.25) is 5.02 Å². The molecule has 0 saturated carbocycles. The van der Waals surface area contributed by atoms with Gasteiger partial charge in [0, 0.05) is 28.0 Å². The van der Waals surface area contributed by atoms with Crippen molar-refractivity contribution in [3.63, 3.8) is 0 Å². The minimum atomic E-state index is -0.238. The van der Waals surface area contributed by atoms with E-state index in [1.54, 1.807) is 60.9 Å². The van der Waals surface area contributed by atoms with Gasteiger partial charge in [-0.1, -0.05) is 17.7 Å². The molecule has 0 aliphatic heterocycles. The Morgan fingerprint density at radius 3 is 2.53 bits per heavy atom. The van der Waals surface area contributed by atoms with Gasteiger partial charge >= 0.3 is 0 Å². The van der Waals surface area contributed by atoms with Crippen molar-refractivity contribution in [1.82, 2.24) is 19.5 Å². The fourth-order valence-corrected chi connectivity index (χ4v) is 3.00. The van der Waals surface area contributed by atoms with E-state index in [0.717, 1.165) is 11.4 Å². The minimum Gasteiger partial charge on any atom is -0.439 e. The second kappa shape index (κ2) is 8.34. The normalized spacial score (nSPS) is 10.6. The Kier molecular flexibility index (Phi) is 5.45. The highest BCUT2D eigenvalue weighted by molar-refractivity contribution is 6.31. The molecule has 2 aromatic carbocycles. The van der Waals surface area contributed by atoms with Crippen LogP contribution in [-0.2, 0) is 0 Å². The SMILES string of the molecule is Cc1ncn(-c2cc(Oc3ccc(NC(=O)c4cccc(Cl)c4)cc3)ncn2)c1C. The van der Waals surface area contributed by atoms with Crippen LogP contribution in [0.5, 0.6) is 11.6 Å². The monoisotopic (exact) mass is 419 g/mol. The first kappa shape index (κ1) is 19.6. The summed E-state index contributed by atoms with van der Waals surface area (Å²) in [5.74, 6) is 1.42. The second-order valence-electron chi connectivity index (χ2n) is 6.59. The van der Waals surface area contributed by atoms with Gasteiger partial charge in [-0.25, -0.2) is 15.0 Å². The lowest BCUT2D eigenvalue weighted by molar-refractivity contribution is 0.102. The van der Waals surface area contributed by atoms with E-state index in [0.29, 0.717) is 33.7 Å². The molecule has 150 valence electrons. The average molecular weight is 420 g/mol. The predicted molar refractivity (Wildman–Crippen MR) is 115 cm³/mol. The van der Waals surface area contributed by atoms with Crippen molar-refractivity contribution >= 4 is 23.2 Å². The largest absolute Gasteiger partial charge is 0.439 e. The minimum absolute atomic E-state index is 0.238. The molecule has 0 radical (unpaired) electrons. The van der Waals surface area contributed by atoms with E-state index in [2.05, 4.69) is 20.3 Å². The van der Waals surface area contributed by atoms with Crippen LogP contribution in [0.3, 0.4) is 0 Å². The second-order valence-corrected chi connectivity index (χ2v) is 7.03. The van der Waals surface area contributed by atoms with E-state index in [4.69, 9.17) is 16.3 Å². The van der Waals surface area contributed by atoms with Crippen LogP contribution in [-0.4, -0.2) is 25.4 Å². The molecular formula is C22H18ClN5O2. The third-order valence-electron chi connectivity index (χ3n) is 4.55. The number of halogens is 1. The molecule has 0 fully saturated rings. The van der Waals surface area contributed by atoms with Gasteiger partial charge in [-0.3, -0.25) is 9.36 Å². The highest BCUT2D eigenvalue weighted by atomic mass is 35.5. The first-order chi connectivity index (χ1) is 14.5. The van der Waals surface area contributed by atoms with Crippen LogP contribution in [0.1, 0.15) is 21.7 Å². The zero-order valence-corrected chi connectivity index (χ0v) is 17.1. The lowest BCUT2D eigenvalue weighted by Crippen LogP contribution is -2.11. The van der Waals surface area contributed by atoms with Gasteiger partial charge in [-0.2, -0.15) is 0 Å². The number of ether oxygens (including phenoxy) is 1. The maximum Gasteiger partial charge on any atom is 0.255 e. The number of aryl methyl sites for hydroxylation is 1. The van der Waals surface area contributed by atoms with E-state index in [1.165, 1.54) is 6.33 Å². The van der Waals surface area contributed by atoms with E-state index in [-0.39, 0.29) is 5.91 Å². The van der Waals surface area contributed by atoms with Crippen LogP contribution in [0.25, 0.3) is 5.82 Å². The van der Waals surface area contributed by atoms with Gasteiger partial charge in [0.25, 0.3) is 5.91 Å². The molecule has 1 amide bonds. The Hall–Kier alpha value is -3.71. The van der Waals surface area contributed by atoms with Crippen LogP contribution >= 0.6 is 11.6 Å². The smallest absolute Gasteiger partial charge is 0.255 e. The van der Waals surface area contributed by atoms with Gasteiger partial charge in [-0.15, -0.1) is 0 Å². The maximum atomic E-state index is 12.3. The van der Waals surface area contributed by atoms with E-state index in [9.17, 15) is 4.79 Å². The molecule has 4 aromatic rings. The Morgan fingerprint density at radius 1 is 1.03 bits per heavy atom. The molecule has 0 bridgehead atoms. The van der Waals surface area contributed by atoms with Gasteiger partial charge in [0.15, 0.2) is 0 Å². The summed E-state index contributed by atoms with van der Waals surface area (Å²) in [6.45, 7) is 3.92. The van der Waals surface area contributed by atoms with Crippen LogP contribution in [0, 0.1) is 13.8 Å². The fraction of sp³-hybridized carbons (Fsp3) is 0.0909. The summed E-state index contributed by atoms with van der Waals surface area (Å²) in [6.07, 6.45) is 3.16. The van der Waals surface area contributed by atoms with E-state index >= 15 is 0 Å². The third kappa shape index (κ3) is 4.31. The summed E-state index contributed by atoms with van der Waals surface area (Å²) < 4.78 is 7.71. The molecule has 1 N–H and O–H groups in total. The molecule has 2 heterocycles. The highest BCUT2D eigenvalue weighted by Gasteiger charge is 2.09. The van der Waals surface area contributed by atoms with Crippen molar-refractivity contribution in [1.29, 1.82) is 0 Å². The molecular weight excluding hydrogens is 402 g/mol. The lowest BCUT2D eigenvalue weighted by atomic mass is 10.2. The molecule has 30 heavy (non-hydrogen) atoms. The number of carbonyl (C=O) groups excluding carboxylic acids is 1. The van der Waals surface area contributed by atoms with Crippen molar-refractivity contribution < 1.29 is 9.53 Å². The summed E-state index contributed by atoms with van der Waals surface area (Å²) in [7, 11) is 0. The number of rotatable bonds is 5. The molecule has 0 spiro atoms. The van der Waals surface area contributed by atoms with E-state index in [1.807, 2.05) is 18.4 Å². The molecule has 7 nitrogen and oxygen atoms in total. The molecule has 4 rings (SSSR count). The lowest BCUT2D eigenvalue weighted by Gasteiger charge is -2.09. The fourth-order valence-electron chi connectivity index (χ4n) is 2.81. The number of imidazole rings is 1. The molecule has 0 atom stereocenters. The number of amides is 1. The van der Waals surface area contributed by atoms with Crippen molar-refractivity contribution in [3.8, 4) is 17.4 Å². The van der Waals surface area contributed by atoms with Gasteiger partial charge in [-0.05, 0) is 56.3 Å². The molecule has 2 aromatic heterocycles. The van der Waals surface area contributed by atoms with Crippen LogP contribution < -0.4 is 10.1 Å². The molecule has 0 unspecified atom stereocenters. The zero-order valence-electron chi connectivity index (χ0n) is 16.3. The number of nitrogens with zero attached hydrogens (tertiary/aromatic N) is 4. The summed E-state index contributed by atoms with van der Waals surface area (Å²) >= 11 is 5.94. The quantitative estimate of drug-likeness (QED) is 0.493. The Morgan fingerprint density at radius 2 is 1.83 bits per heavy atom. The Balaban J connectivity index is 1.46. The Bertz CT molecular complexity index is 1200. The predicted octanol–water partition coefficient (Wildman–Crippen LogP) is 4.98. The molecule has 0 aliphatic carbocycles. The first-order valence-corrected chi connectivity index (χ1v) is 9.55. The number of aromatic nitrogens is 4. The number of anilines is 1. The number of hydrogen-bond donors (Lipinski definition) is 1. The van der Waals surface area contributed by atoms with Crippen molar-refractivity contribution in [2.24, 2.45) is 0 Å². The van der Waals surface area contributed by atoms with Crippen LogP contribution in [0.15, 0.2) is 67.3 Å². The van der Waals surface area contributed by atoms with E-state index < -0.39 is 0 Å². The standard InChI is InChI=1S/C22H18ClN5O2/c1-14-15(2)28(13-26-14)20-11-21(25-12-24-20)30-19-8-6-18(7-9-19)27-22(29)16-4-3-5-17(23)10-16/h3-13H,1-2H3,(H,27,29). The number of benzene rings is 2. The zero-order chi connectivity index (χ0) is 21.1. The van der Waals surface area contributed by atoms with Gasteiger partial charge in [0.1, 0.15) is 24.2 Å². The van der Waals surface area contributed by atoms with Gasteiger partial charge < -0.3 is 10.1 Å². The molecule has 0 aliphatic rings. The third-order valence-corrected chi connectivity index (χ3v) is 4.78. The molecule has 8 heteroatoms. The number of nitrogens with one attached hydrogen (secondary N) is 1. The topological polar surface area (TPSA) is 81.9 Å². The summed E-state index contributed by atoms with van der Waals surface area (Å²) in [5.41, 5.74) is 3.06. The van der Waals surface area contributed by atoms with Crippen molar-refractivity contribution in [2.45, 2.75) is 13.8 Å². The number of carbonyl (C=O) groups is 1. The summed E-state index contributed by atoms with van der Waals surface area (Å²) in [5, 5.41) is 3.34. The number of hydrogen-bond acceptors (Lipinski definition) is 5. The first-order valence-electron chi connectivity index (χ1n) is 9.17. The highest BCUT2D eigenvalue weighted by Crippen LogP contribution is 2.23. The average Bonchev–Trinajstić information content (AvgIpc) is 3.08. The van der Waals surface area contributed by atoms with Gasteiger partial charge in [0.05, 0.1) is 5.69 Å². The van der Waals surface area contributed by atoms with Gasteiger partial charge in [0.2, 0.25) is 5.88 Å².